The van der Waals surface area contributed by atoms with E-state index in [9.17, 15) is 9.90 Å². The molecule has 1 saturated heterocycles. The molecule has 0 radical (unpaired) electrons. The standard InChI is InChI=1S/C16H25N3O2/c1-15(2)10-19(9-8-16(15,3)21)14(20)13-11-6-4-5-7-12(11)17-18-13/h21H,4-10H2,1-3H3,(H,17,18)/t16-/m1/s1. The molecule has 1 fully saturated rings. The fraction of sp³-hybridized carbons (Fsp3) is 0.750. The van der Waals surface area contributed by atoms with Gasteiger partial charge in [-0.3, -0.25) is 9.89 Å². The van der Waals surface area contributed by atoms with Crippen LogP contribution in [-0.4, -0.2) is 44.8 Å². The number of hydrogen-bond donors (Lipinski definition) is 2. The summed E-state index contributed by atoms with van der Waals surface area (Å²) in [5.41, 5.74) is 1.81. The van der Waals surface area contributed by atoms with Crippen LogP contribution < -0.4 is 0 Å². The molecule has 1 atom stereocenters. The average molecular weight is 291 g/mol. The van der Waals surface area contributed by atoms with Crippen molar-refractivity contribution in [2.75, 3.05) is 13.1 Å². The number of aromatic amines is 1. The summed E-state index contributed by atoms with van der Waals surface area (Å²) in [6, 6.07) is 0. The molecule has 0 saturated carbocycles. The van der Waals surface area contributed by atoms with Crippen LogP contribution in [0.25, 0.3) is 0 Å². The Kier molecular flexibility index (Phi) is 3.35. The molecule has 0 unspecified atom stereocenters. The monoisotopic (exact) mass is 291 g/mol. The van der Waals surface area contributed by atoms with Crippen molar-refractivity contribution in [3.63, 3.8) is 0 Å². The Morgan fingerprint density at radius 3 is 2.71 bits per heavy atom. The SMILES string of the molecule is CC1(C)CN(C(=O)c2n[nH]c3c2CCCC3)CC[C@@]1(C)O. The molecule has 1 amide bonds. The number of aliphatic hydroxyl groups is 1. The molecule has 5 nitrogen and oxygen atoms in total. The molecule has 0 spiro atoms. The maximum atomic E-state index is 12.8. The van der Waals surface area contributed by atoms with E-state index in [1.54, 1.807) is 0 Å². The predicted molar refractivity (Wildman–Crippen MR) is 80.2 cm³/mol. The second-order valence-electron chi connectivity index (χ2n) is 7.37. The fourth-order valence-electron chi connectivity index (χ4n) is 3.40. The van der Waals surface area contributed by atoms with E-state index in [1.165, 1.54) is 6.42 Å². The average Bonchev–Trinajstić information content (AvgIpc) is 2.85. The minimum absolute atomic E-state index is 0.0120. The molecule has 1 aliphatic carbocycles. The highest BCUT2D eigenvalue weighted by atomic mass is 16.3. The van der Waals surface area contributed by atoms with Crippen LogP contribution in [-0.2, 0) is 12.8 Å². The van der Waals surface area contributed by atoms with Crippen LogP contribution in [0.4, 0.5) is 0 Å². The number of rotatable bonds is 1. The summed E-state index contributed by atoms with van der Waals surface area (Å²) in [4.78, 5) is 14.6. The van der Waals surface area contributed by atoms with Crippen molar-refractivity contribution >= 4 is 5.91 Å². The number of hydrogen-bond acceptors (Lipinski definition) is 3. The maximum Gasteiger partial charge on any atom is 0.274 e. The maximum absolute atomic E-state index is 12.8. The molecule has 1 aliphatic heterocycles. The van der Waals surface area contributed by atoms with Crippen LogP contribution in [0.1, 0.15) is 61.8 Å². The van der Waals surface area contributed by atoms with Crippen LogP contribution in [0.5, 0.6) is 0 Å². The Labute approximate surface area is 125 Å². The number of nitrogens with one attached hydrogen (secondary N) is 1. The van der Waals surface area contributed by atoms with E-state index in [2.05, 4.69) is 10.2 Å². The van der Waals surface area contributed by atoms with Gasteiger partial charge in [-0.2, -0.15) is 5.10 Å². The minimum Gasteiger partial charge on any atom is -0.389 e. The summed E-state index contributed by atoms with van der Waals surface area (Å²) in [6.07, 6.45) is 4.85. The number of nitrogens with zero attached hydrogens (tertiary/aromatic N) is 2. The van der Waals surface area contributed by atoms with E-state index in [0.717, 1.165) is 30.5 Å². The normalized spacial score (nSPS) is 28.3. The molecule has 2 aliphatic rings. The first-order valence-electron chi connectivity index (χ1n) is 7.90. The summed E-state index contributed by atoms with van der Waals surface area (Å²) in [7, 11) is 0. The summed E-state index contributed by atoms with van der Waals surface area (Å²) in [5, 5.41) is 17.8. The van der Waals surface area contributed by atoms with E-state index in [0.29, 0.717) is 25.2 Å². The number of carbonyl (C=O) groups is 1. The van der Waals surface area contributed by atoms with Gasteiger partial charge in [0.1, 0.15) is 0 Å². The molecule has 3 rings (SSSR count). The smallest absolute Gasteiger partial charge is 0.274 e. The van der Waals surface area contributed by atoms with Crippen molar-refractivity contribution in [2.45, 2.75) is 58.5 Å². The molecular weight excluding hydrogens is 266 g/mol. The van der Waals surface area contributed by atoms with Gasteiger partial charge in [0.2, 0.25) is 0 Å². The number of fused-ring (bicyclic) bond motifs is 1. The number of likely N-dealkylation sites (tertiary alicyclic amines) is 1. The van der Waals surface area contributed by atoms with E-state index in [4.69, 9.17) is 0 Å². The first-order chi connectivity index (χ1) is 9.82. The molecule has 1 aromatic heterocycles. The Morgan fingerprint density at radius 2 is 2.00 bits per heavy atom. The third-order valence-corrected chi connectivity index (χ3v) is 5.46. The van der Waals surface area contributed by atoms with Crippen LogP contribution in [0.3, 0.4) is 0 Å². The fourth-order valence-corrected chi connectivity index (χ4v) is 3.40. The van der Waals surface area contributed by atoms with Gasteiger partial charge in [0, 0.05) is 29.8 Å². The zero-order valence-electron chi connectivity index (χ0n) is 13.2. The van der Waals surface area contributed by atoms with Gasteiger partial charge in [-0.15, -0.1) is 0 Å². The van der Waals surface area contributed by atoms with Crippen LogP contribution >= 0.6 is 0 Å². The molecule has 0 bridgehead atoms. The van der Waals surface area contributed by atoms with Crippen molar-refractivity contribution in [3.8, 4) is 0 Å². The van der Waals surface area contributed by atoms with E-state index in [1.807, 2.05) is 25.7 Å². The van der Waals surface area contributed by atoms with Gasteiger partial charge in [-0.1, -0.05) is 13.8 Å². The molecule has 0 aromatic carbocycles. The van der Waals surface area contributed by atoms with Gasteiger partial charge in [0.25, 0.3) is 5.91 Å². The number of H-pyrrole nitrogens is 1. The van der Waals surface area contributed by atoms with E-state index < -0.39 is 5.60 Å². The largest absolute Gasteiger partial charge is 0.389 e. The quantitative estimate of drug-likeness (QED) is 0.830. The number of aryl methyl sites for hydroxylation is 1. The summed E-state index contributed by atoms with van der Waals surface area (Å²) >= 11 is 0. The topological polar surface area (TPSA) is 69.2 Å². The first kappa shape index (κ1) is 14.6. The Bertz CT molecular complexity index is 560. The second kappa shape index (κ2) is 4.83. The van der Waals surface area contributed by atoms with Crippen molar-refractivity contribution in [3.05, 3.63) is 17.0 Å². The van der Waals surface area contributed by atoms with Gasteiger partial charge in [0.15, 0.2) is 5.69 Å². The molecule has 21 heavy (non-hydrogen) atoms. The molecule has 5 heteroatoms. The van der Waals surface area contributed by atoms with Crippen molar-refractivity contribution in [1.29, 1.82) is 0 Å². The number of aromatic nitrogens is 2. The van der Waals surface area contributed by atoms with Crippen LogP contribution in [0, 0.1) is 5.41 Å². The molecule has 2 heterocycles. The third-order valence-electron chi connectivity index (χ3n) is 5.46. The first-order valence-corrected chi connectivity index (χ1v) is 7.90. The summed E-state index contributed by atoms with van der Waals surface area (Å²) in [6.45, 7) is 7.07. The van der Waals surface area contributed by atoms with Gasteiger partial charge in [-0.25, -0.2) is 0 Å². The Hall–Kier alpha value is -1.36. The highest BCUT2D eigenvalue weighted by Crippen LogP contribution is 2.38. The summed E-state index contributed by atoms with van der Waals surface area (Å²) in [5.74, 6) is 0.0120. The lowest BCUT2D eigenvalue weighted by Gasteiger charge is -2.48. The molecule has 1 aromatic rings. The Morgan fingerprint density at radius 1 is 1.29 bits per heavy atom. The Balaban J connectivity index is 1.82. The zero-order valence-corrected chi connectivity index (χ0v) is 13.2. The highest BCUT2D eigenvalue weighted by Gasteiger charge is 2.45. The van der Waals surface area contributed by atoms with Gasteiger partial charge in [-0.05, 0) is 39.0 Å². The van der Waals surface area contributed by atoms with Gasteiger partial charge >= 0.3 is 0 Å². The lowest BCUT2D eigenvalue weighted by molar-refractivity contribution is -0.0971. The molecule has 116 valence electrons. The zero-order chi connectivity index (χ0) is 15.3. The predicted octanol–water partition coefficient (Wildman–Crippen LogP) is 1.91. The third kappa shape index (κ3) is 2.37. The number of amides is 1. The van der Waals surface area contributed by atoms with Crippen LogP contribution in [0.15, 0.2) is 0 Å². The van der Waals surface area contributed by atoms with Crippen molar-refractivity contribution in [2.24, 2.45) is 5.41 Å². The van der Waals surface area contributed by atoms with E-state index >= 15 is 0 Å². The lowest BCUT2D eigenvalue weighted by atomic mass is 9.71. The number of piperidine rings is 1. The lowest BCUT2D eigenvalue weighted by Crippen LogP contribution is -2.57. The van der Waals surface area contributed by atoms with E-state index in [-0.39, 0.29) is 11.3 Å². The summed E-state index contributed by atoms with van der Waals surface area (Å²) < 4.78 is 0. The number of carbonyl (C=O) groups excluding carboxylic acids is 1. The minimum atomic E-state index is -0.727. The van der Waals surface area contributed by atoms with Crippen LogP contribution in [0.2, 0.25) is 0 Å². The van der Waals surface area contributed by atoms with Gasteiger partial charge in [0.05, 0.1) is 5.60 Å². The molecular formula is C16H25N3O2. The molecule has 2 N–H and O–H groups in total. The van der Waals surface area contributed by atoms with Crippen molar-refractivity contribution < 1.29 is 9.90 Å². The second-order valence-corrected chi connectivity index (χ2v) is 7.37. The van der Waals surface area contributed by atoms with Gasteiger partial charge < -0.3 is 10.0 Å². The highest BCUT2D eigenvalue weighted by molar-refractivity contribution is 5.94. The van der Waals surface area contributed by atoms with Crippen molar-refractivity contribution in [1.82, 2.24) is 15.1 Å².